The van der Waals surface area contributed by atoms with Crippen LogP contribution in [0.4, 0.5) is 0 Å². The van der Waals surface area contributed by atoms with Crippen LogP contribution < -0.4 is 0 Å². The Kier molecular flexibility index (Phi) is 4.10. The third-order valence-electron chi connectivity index (χ3n) is 6.00. The number of aldehydes is 1. The van der Waals surface area contributed by atoms with Gasteiger partial charge < -0.3 is 4.74 Å². The monoisotopic (exact) mass is 328 g/mol. The maximum absolute atomic E-state index is 12.7. The van der Waals surface area contributed by atoms with Crippen molar-refractivity contribution in [2.75, 3.05) is 6.61 Å². The molecule has 3 aliphatic rings. The molecule has 1 aliphatic heterocycles. The van der Waals surface area contributed by atoms with Gasteiger partial charge in [-0.3, -0.25) is 9.59 Å². The van der Waals surface area contributed by atoms with Crippen molar-refractivity contribution in [3.63, 3.8) is 0 Å². The van der Waals surface area contributed by atoms with E-state index in [2.05, 4.69) is 20.8 Å². The summed E-state index contributed by atoms with van der Waals surface area (Å²) in [5.41, 5.74) is 0.641. The van der Waals surface area contributed by atoms with Crippen LogP contribution in [0, 0.1) is 22.7 Å². The van der Waals surface area contributed by atoms with Crippen molar-refractivity contribution in [2.24, 2.45) is 22.7 Å². The van der Waals surface area contributed by atoms with Gasteiger partial charge in [0.1, 0.15) is 12.9 Å². The molecule has 0 aromatic heterocycles. The van der Waals surface area contributed by atoms with Crippen LogP contribution in [0.5, 0.6) is 0 Å². The average molecular weight is 328 g/mol. The van der Waals surface area contributed by atoms with Gasteiger partial charge in [0, 0.05) is 17.4 Å². The molecule has 4 heteroatoms. The Morgan fingerprint density at radius 2 is 1.96 bits per heavy atom. The first-order valence-electron chi connectivity index (χ1n) is 8.56. The molecule has 0 aromatic rings. The number of ketones is 1. The SMILES string of the molecule is CC1(C)CCC[C@]2(C)[C@@H](/C=C/C3=CCOC3=O)C(C=O)=CC(=O)[C@@H]12. The third-order valence-corrected chi connectivity index (χ3v) is 6.00. The van der Waals surface area contributed by atoms with Gasteiger partial charge in [-0.05, 0) is 35.8 Å². The zero-order valence-electron chi connectivity index (χ0n) is 14.5. The quantitative estimate of drug-likeness (QED) is 0.590. The topological polar surface area (TPSA) is 60.4 Å². The summed E-state index contributed by atoms with van der Waals surface area (Å²) in [4.78, 5) is 36.0. The third kappa shape index (κ3) is 2.58. The number of rotatable bonds is 3. The maximum atomic E-state index is 12.7. The van der Waals surface area contributed by atoms with Crippen molar-refractivity contribution in [1.82, 2.24) is 0 Å². The van der Waals surface area contributed by atoms with Crippen molar-refractivity contribution in [3.05, 3.63) is 35.5 Å². The van der Waals surface area contributed by atoms with Gasteiger partial charge >= 0.3 is 5.97 Å². The van der Waals surface area contributed by atoms with Crippen LogP contribution >= 0.6 is 0 Å². The Balaban J connectivity index is 2.03. The van der Waals surface area contributed by atoms with Crippen molar-refractivity contribution < 1.29 is 19.1 Å². The highest BCUT2D eigenvalue weighted by Gasteiger charge is 2.55. The molecule has 3 rings (SSSR count). The van der Waals surface area contributed by atoms with E-state index in [1.807, 2.05) is 6.08 Å². The number of hydrogen-bond acceptors (Lipinski definition) is 4. The minimum absolute atomic E-state index is 0.0634. The highest BCUT2D eigenvalue weighted by molar-refractivity contribution is 6.00. The van der Waals surface area contributed by atoms with Crippen molar-refractivity contribution >= 4 is 18.0 Å². The van der Waals surface area contributed by atoms with Gasteiger partial charge in [0.2, 0.25) is 0 Å². The lowest BCUT2D eigenvalue weighted by molar-refractivity contribution is -0.136. The number of hydrogen-bond donors (Lipinski definition) is 0. The molecule has 1 saturated carbocycles. The van der Waals surface area contributed by atoms with E-state index < -0.39 is 0 Å². The van der Waals surface area contributed by atoms with Gasteiger partial charge in [-0.2, -0.15) is 0 Å². The van der Waals surface area contributed by atoms with Gasteiger partial charge in [-0.1, -0.05) is 39.3 Å². The zero-order chi connectivity index (χ0) is 17.5. The van der Waals surface area contributed by atoms with E-state index in [4.69, 9.17) is 4.74 Å². The Hall–Kier alpha value is -1.97. The molecule has 0 bridgehead atoms. The fraction of sp³-hybridized carbons (Fsp3) is 0.550. The second kappa shape index (κ2) is 5.83. The largest absolute Gasteiger partial charge is 0.458 e. The van der Waals surface area contributed by atoms with Crippen molar-refractivity contribution in [2.45, 2.75) is 40.0 Å². The smallest absolute Gasteiger partial charge is 0.338 e. The average Bonchev–Trinajstić information content (AvgIpc) is 2.89. The molecule has 1 heterocycles. The van der Waals surface area contributed by atoms with E-state index >= 15 is 0 Å². The first-order valence-corrected chi connectivity index (χ1v) is 8.56. The zero-order valence-corrected chi connectivity index (χ0v) is 14.5. The Morgan fingerprint density at radius 1 is 1.21 bits per heavy atom. The summed E-state index contributed by atoms with van der Waals surface area (Å²) in [6.07, 6.45) is 10.7. The van der Waals surface area contributed by atoms with Gasteiger partial charge in [0.05, 0.1) is 5.57 Å². The molecule has 2 aliphatic carbocycles. The van der Waals surface area contributed by atoms with E-state index in [0.717, 1.165) is 25.5 Å². The van der Waals surface area contributed by atoms with Gasteiger partial charge in [-0.15, -0.1) is 0 Å². The Morgan fingerprint density at radius 3 is 2.58 bits per heavy atom. The fourth-order valence-corrected chi connectivity index (χ4v) is 5.02. The summed E-state index contributed by atoms with van der Waals surface area (Å²) in [6, 6.07) is 0. The Labute approximate surface area is 142 Å². The predicted molar refractivity (Wildman–Crippen MR) is 90.1 cm³/mol. The van der Waals surface area contributed by atoms with Gasteiger partial charge in [-0.25, -0.2) is 4.79 Å². The van der Waals surface area contributed by atoms with Crippen LogP contribution in [0.25, 0.3) is 0 Å². The minimum atomic E-state index is -0.333. The summed E-state index contributed by atoms with van der Waals surface area (Å²) in [7, 11) is 0. The molecular formula is C20H24O4. The number of carbonyl (C=O) groups is 3. The predicted octanol–water partition coefficient (Wildman–Crippen LogP) is 3.18. The second-order valence-corrected chi connectivity index (χ2v) is 8.04. The molecule has 3 atom stereocenters. The van der Waals surface area contributed by atoms with Crippen molar-refractivity contribution in [1.29, 1.82) is 0 Å². The van der Waals surface area contributed by atoms with E-state index in [9.17, 15) is 14.4 Å². The molecule has 0 spiro atoms. The minimum Gasteiger partial charge on any atom is -0.458 e. The molecule has 128 valence electrons. The molecule has 4 nitrogen and oxygen atoms in total. The highest BCUT2D eigenvalue weighted by atomic mass is 16.5. The Bertz CT molecular complexity index is 680. The number of carbonyl (C=O) groups excluding carboxylic acids is 3. The molecule has 0 amide bonds. The lowest BCUT2D eigenvalue weighted by Crippen LogP contribution is -2.52. The van der Waals surface area contributed by atoms with Crippen LogP contribution in [0.15, 0.2) is 35.5 Å². The van der Waals surface area contributed by atoms with Crippen LogP contribution in [0.3, 0.4) is 0 Å². The van der Waals surface area contributed by atoms with Gasteiger partial charge in [0.25, 0.3) is 0 Å². The molecule has 24 heavy (non-hydrogen) atoms. The summed E-state index contributed by atoms with van der Waals surface area (Å²) in [5, 5.41) is 0. The molecule has 1 fully saturated rings. The standard InChI is InChI=1S/C20H24O4/c1-19(2)8-4-9-20(3)15(6-5-13-7-10-24-18(13)23)14(12-21)11-16(22)17(19)20/h5-7,11-12,15,17H,4,8-10H2,1-3H3/b6-5+/t15-,17-,20+/m0/s1. The normalized spacial score (nSPS) is 35.3. The summed E-state index contributed by atoms with van der Waals surface area (Å²) < 4.78 is 4.92. The van der Waals surface area contributed by atoms with Crippen LogP contribution in [0.2, 0.25) is 0 Å². The maximum Gasteiger partial charge on any atom is 0.338 e. The molecule has 0 N–H and O–H groups in total. The van der Waals surface area contributed by atoms with Crippen LogP contribution in [-0.4, -0.2) is 24.6 Å². The molecule has 0 radical (unpaired) electrons. The van der Waals surface area contributed by atoms with Gasteiger partial charge in [0.15, 0.2) is 5.78 Å². The molecular weight excluding hydrogens is 304 g/mol. The van der Waals surface area contributed by atoms with E-state index in [1.165, 1.54) is 6.08 Å². The first kappa shape index (κ1) is 16.9. The number of esters is 1. The van der Waals surface area contributed by atoms with Crippen molar-refractivity contribution in [3.8, 4) is 0 Å². The van der Waals surface area contributed by atoms with E-state index in [-0.39, 0.29) is 34.4 Å². The summed E-state index contributed by atoms with van der Waals surface area (Å²) in [5.74, 6) is -0.540. The van der Waals surface area contributed by atoms with E-state index in [0.29, 0.717) is 17.8 Å². The number of cyclic esters (lactones) is 1. The lowest BCUT2D eigenvalue weighted by Gasteiger charge is -2.54. The first-order chi connectivity index (χ1) is 11.3. The molecule has 0 saturated heterocycles. The summed E-state index contributed by atoms with van der Waals surface area (Å²) >= 11 is 0. The summed E-state index contributed by atoms with van der Waals surface area (Å²) in [6.45, 7) is 6.70. The lowest BCUT2D eigenvalue weighted by atomic mass is 9.48. The number of ether oxygens (including phenoxy) is 1. The molecule has 0 aromatic carbocycles. The fourth-order valence-electron chi connectivity index (χ4n) is 5.02. The second-order valence-electron chi connectivity index (χ2n) is 8.04. The molecule has 0 unspecified atom stereocenters. The van der Waals surface area contributed by atoms with E-state index in [1.54, 1.807) is 12.2 Å². The van der Waals surface area contributed by atoms with Crippen LogP contribution in [-0.2, 0) is 19.1 Å². The highest BCUT2D eigenvalue weighted by Crippen LogP contribution is 2.58. The van der Waals surface area contributed by atoms with Crippen LogP contribution in [0.1, 0.15) is 40.0 Å². The number of allylic oxidation sites excluding steroid dienone is 3. The number of fused-ring (bicyclic) bond motifs is 1.